The van der Waals surface area contributed by atoms with Gasteiger partial charge in [-0.1, -0.05) is 38.1 Å². The van der Waals surface area contributed by atoms with Crippen LogP contribution in [0.4, 0.5) is 0 Å². The minimum Gasteiger partial charge on any atom is -0.316 e. The van der Waals surface area contributed by atoms with Crippen molar-refractivity contribution in [1.82, 2.24) is 20.1 Å². The first-order chi connectivity index (χ1) is 9.29. The quantitative estimate of drug-likeness (QED) is 0.776. The third-order valence-corrected chi connectivity index (χ3v) is 3.24. The van der Waals surface area contributed by atoms with Crippen LogP contribution in [0.2, 0.25) is 0 Å². The Bertz CT molecular complexity index is 461. The normalized spacial score (nSPS) is 12.5. The number of hydrogen-bond donors (Lipinski definition) is 1. The molecule has 4 nitrogen and oxygen atoms in total. The largest absolute Gasteiger partial charge is 0.316 e. The summed E-state index contributed by atoms with van der Waals surface area (Å²) in [6.07, 6.45) is 4.49. The third kappa shape index (κ3) is 4.17. The summed E-state index contributed by atoms with van der Waals surface area (Å²) in [6.45, 7) is 7.36. The Morgan fingerprint density at radius 3 is 2.68 bits per heavy atom. The van der Waals surface area contributed by atoms with E-state index in [0.29, 0.717) is 5.92 Å². The second-order valence-corrected chi connectivity index (χ2v) is 4.94. The van der Waals surface area contributed by atoms with Crippen molar-refractivity contribution >= 4 is 0 Å². The van der Waals surface area contributed by atoms with Crippen LogP contribution in [-0.2, 0) is 6.54 Å². The summed E-state index contributed by atoms with van der Waals surface area (Å²) < 4.78 is 1.83. The molecule has 0 aliphatic heterocycles. The van der Waals surface area contributed by atoms with E-state index in [1.54, 1.807) is 12.7 Å². The van der Waals surface area contributed by atoms with Gasteiger partial charge in [-0.25, -0.2) is 9.67 Å². The molecule has 1 N–H and O–H groups in total. The summed E-state index contributed by atoms with van der Waals surface area (Å²) in [5.74, 6) is 0.548. The number of nitrogens with one attached hydrogen (secondary N) is 1. The number of aromatic nitrogens is 3. The highest BCUT2D eigenvalue weighted by molar-refractivity contribution is 5.25. The average molecular weight is 258 g/mol. The Balaban J connectivity index is 1.90. The van der Waals surface area contributed by atoms with E-state index in [1.807, 2.05) is 4.68 Å². The molecule has 0 radical (unpaired) electrons. The summed E-state index contributed by atoms with van der Waals surface area (Å²) in [5.41, 5.74) is 2.63. The average Bonchev–Trinajstić information content (AvgIpc) is 2.93. The van der Waals surface area contributed by atoms with Gasteiger partial charge >= 0.3 is 0 Å². The zero-order valence-electron chi connectivity index (χ0n) is 11.7. The molecule has 1 unspecified atom stereocenters. The molecular formula is C15H22N4. The van der Waals surface area contributed by atoms with Gasteiger partial charge in [0.05, 0.1) is 6.54 Å². The Labute approximate surface area is 114 Å². The molecule has 1 atom stereocenters. The maximum absolute atomic E-state index is 4.11. The van der Waals surface area contributed by atoms with Crippen molar-refractivity contribution in [3.05, 3.63) is 48.0 Å². The molecular weight excluding hydrogens is 236 g/mol. The van der Waals surface area contributed by atoms with E-state index in [9.17, 15) is 0 Å². The van der Waals surface area contributed by atoms with E-state index < -0.39 is 0 Å². The van der Waals surface area contributed by atoms with Gasteiger partial charge in [0.15, 0.2) is 0 Å². The van der Waals surface area contributed by atoms with Gasteiger partial charge in [-0.2, -0.15) is 5.10 Å². The first-order valence-corrected chi connectivity index (χ1v) is 6.91. The van der Waals surface area contributed by atoms with Crippen LogP contribution in [0.15, 0.2) is 36.9 Å². The third-order valence-electron chi connectivity index (χ3n) is 3.24. The SMILES string of the molecule is CCCNCC(C)c1ccc(Cn2cncn2)cc1. The van der Waals surface area contributed by atoms with Crippen molar-refractivity contribution in [2.45, 2.75) is 32.7 Å². The smallest absolute Gasteiger partial charge is 0.137 e. The highest BCUT2D eigenvalue weighted by Crippen LogP contribution is 2.15. The monoisotopic (exact) mass is 258 g/mol. The van der Waals surface area contributed by atoms with Crippen LogP contribution in [0.25, 0.3) is 0 Å². The molecule has 0 saturated carbocycles. The highest BCUT2D eigenvalue weighted by Gasteiger charge is 2.05. The molecule has 0 fully saturated rings. The van der Waals surface area contributed by atoms with Gasteiger partial charge in [0, 0.05) is 6.54 Å². The van der Waals surface area contributed by atoms with Crippen molar-refractivity contribution in [3.63, 3.8) is 0 Å². The van der Waals surface area contributed by atoms with Crippen molar-refractivity contribution in [3.8, 4) is 0 Å². The predicted octanol–water partition coefficient (Wildman–Crippen LogP) is 2.43. The molecule has 102 valence electrons. The van der Waals surface area contributed by atoms with Gasteiger partial charge in [0.25, 0.3) is 0 Å². The van der Waals surface area contributed by atoms with Crippen molar-refractivity contribution in [1.29, 1.82) is 0 Å². The van der Waals surface area contributed by atoms with E-state index in [-0.39, 0.29) is 0 Å². The number of benzene rings is 1. The predicted molar refractivity (Wildman–Crippen MR) is 77.1 cm³/mol. The lowest BCUT2D eigenvalue weighted by Crippen LogP contribution is -2.20. The van der Waals surface area contributed by atoms with Crippen LogP contribution in [0, 0.1) is 0 Å². The molecule has 0 spiro atoms. The Morgan fingerprint density at radius 1 is 1.26 bits per heavy atom. The Morgan fingerprint density at radius 2 is 2.05 bits per heavy atom. The van der Waals surface area contributed by atoms with Crippen molar-refractivity contribution in [2.75, 3.05) is 13.1 Å². The van der Waals surface area contributed by atoms with Gasteiger partial charge in [0.2, 0.25) is 0 Å². The van der Waals surface area contributed by atoms with Crippen LogP contribution in [-0.4, -0.2) is 27.9 Å². The minimum absolute atomic E-state index is 0.548. The second kappa shape index (κ2) is 7.04. The van der Waals surface area contributed by atoms with E-state index in [1.165, 1.54) is 17.5 Å². The van der Waals surface area contributed by atoms with Crippen LogP contribution < -0.4 is 5.32 Å². The molecule has 0 amide bonds. The van der Waals surface area contributed by atoms with Crippen molar-refractivity contribution < 1.29 is 0 Å². The summed E-state index contributed by atoms with van der Waals surface area (Å²) in [5, 5.41) is 7.58. The van der Waals surface area contributed by atoms with Gasteiger partial charge in [-0.15, -0.1) is 0 Å². The molecule has 1 heterocycles. The van der Waals surface area contributed by atoms with Crippen molar-refractivity contribution in [2.24, 2.45) is 0 Å². The molecule has 1 aromatic heterocycles. The molecule has 0 saturated heterocycles. The van der Waals surface area contributed by atoms with Crippen LogP contribution in [0.5, 0.6) is 0 Å². The van der Waals surface area contributed by atoms with Crippen LogP contribution in [0.3, 0.4) is 0 Å². The fourth-order valence-electron chi connectivity index (χ4n) is 2.07. The maximum Gasteiger partial charge on any atom is 0.137 e. The summed E-state index contributed by atoms with van der Waals surface area (Å²) in [4.78, 5) is 3.95. The molecule has 0 aliphatic carbocycles. The summed E-state index contributed by atoms with van der Waals surface area (Å²) in [6, 6.07) is 8.77. The molecule has 2 aromatic rings. The first kappa shape index (κ1) is 13.7. The van der Waals surface area contributed by atoms with Crippen LogP contribution in [0.1, 0.15) is 37.3 Å². The van der Waals surface area contributed by atoms with Gasteiger partial charge in [0.1, 0.15) is 12.7 Å². The Hall–Kier alpha value is -1.68. The lowest BCUT2D eigenvalue weighted by atomic mass is 10.00. The zero-order chi connectivity index (χ0) is 13.5. The van der Waals surface area contributed by atoms with E-state index in [0.717, 1.165) is 19.6 Å². The summed E-state index contributed by atoms with van der Waals surface area (Å²) in [7, 11) is 0. The van der Waals surface area contributed by atoms with E-state index in [4.69, 9.17) is 0 Å². The van der Waals surface area contributed by atoms with Gasteiger partial charge < -0.3 is 5.32 Å². The van der Waals surface area contributed by atoms with Crippen LogP contribution >= 0.6 is 0 Å². The van der Waals surface area contributed by atoms with E-state index >= 15 is 0 Å². The molecule has 2 rings (SSSR count). The molecule has 4 heteroatoms. The first-order valence-electron chi connectivity index (χ1n) is 6.91. The van der Waals surface area contributed by atoms with Gasteiger partial charge in [-0.3, -0.25) is 0 Å². The second-order valence-electron chi connectivity index (χ2n) is 4.94. The Kier molecular flexibility index (Phi) is 5.10. The topological polar surface area (TPSA) is 42.7 Å². The fraction of sp³-hybridized carbons (Fsp3) is 0.467. The fourth-order valence-corrected chi connectivity index (χ4v) is 2.07. The minimum atomic E-state index is 0.548. The molecule has 1 aromatic carbocycles. The van der Waals surface area contributed by atoms with E-state index in [2.05, 4.69) is 53.5 Å². The highest BCUT2D eigenvalue weighted by atomic mass is 15.3. The van der Waals surface area contributed by atoms with Gasteiger partial charge in [-0.05, 0) is 30.0 Å². The molecule has 0 aliphatic rings. The zero-order valence-corrected chi connectivity index (χ0v) is 11.7. The summed E-state index contributed by atoms with van der Waals surface area (Å²) >= 11 is 0. The lowest BCUT2D eigenvalue weighted by molar-refractivity contribution is 0.608. The maximum atomic E-state index is 4.11. The molecule has 19 heavy (non-hydrogen) atoms. The molecule has 0 bridgehead atoms. The number of nitrogens with zero attached hydrogens (tertiary/aromatic N) is 3. The standard InChI is InChI=1S/C15H22N4/c1-3-8-16-9-13(2)15-6-4-14(5-7-15)10-19-12-17-11-18-19/h4-7,11-13,16H,3,8-10H2,1-2H3. The number of rotatable bonds is 7. The number of hydrogen-bond acceptors (Lipinski definition) is 3. The lowest BCUT2D eigenvalue weighted by Gasteiger charge is -2.13.